The zero-order chi connectivity index (χ0) is 22.5. The van der Waals surface area contributed by atoms with Crippen molar-refractivity contribution in [3.63, 3.8) is 0 Å². The standard InChI is InChI=1S/C26H28FN3O2/c1-17(26(31)32)21-14-18(9-10-22(21)27)11-13-29-25(19-6-3-2-4-7-19)20-15-24-23(30-16-20)8-5-12-28-24/h2-10,12,14,17,20,25,29-30H,11,13,15-16H2,1H3,(H,31,32)/t17-,20-,25-/m1/s1. The molecule has 0 unspecified atom stereocenters. The van der Waals surface area contributed by atoms with Crippen LogP contribution < -0.4 is 10.6 Å². The number of aromatic nitrogens is 1. The van der Waals surface area contributed by atoms with Crippen molar-refractivity contribution >= 4 is 11.7 Å². The van der Waals surface area contributed by atoms with Crippen molar-refractivity contribution in [1.82, 2.24) is 10.3 Å². The maximum atomic E-state index is 14.1. The minimum Gasteiger partial charge on any atom is -0.481 e. The number of pyridine rings is 1. The van der Waals surface area contributed by atoms with Gasteiger partial charge < -0.3 is 15.7 Å². The van der Waals surface area contributed by atoms with Crippen LogP contribution in [0.2, 0.25) is 0 Å². The average Bonchev–Trinajstić information content (AvgIpc) is 2.82. The third kappa shape index (κ3) is 4.97. The van der Waals surface area contributed by atoms with Crippen LogP contribution in [0.15, 0.2) is 66.9 Å². The predicted octanol–water partition coefficient (Wildman–Crippen LogP) is 4.57. The molecule has 0 radical (unpaired) electrons. The molecule has 166 valence electrons. The molecular weight excluding hydrogens is 405 g/mol. The van der Waals surface area contributed by atoms with Gasteiger partial charge in [-0.3, -0.25) is 9.78 Å². The molecule has 0 bridgehead atoms. The summed E-state index contributed by atoms with van der Waals surface area (Å²) >= 11 is 0. The number of carboxylic acids is 1. The van der Waals surface area contributed by atoms with Gasteiger partial charge in [0.15, 0.2) is 0 Å². The summed E-state index contributed by atoms with van der Waals surface area (Å²) < 4.78 is 14.1. The summed E-state index contributed by atoms with van der Waals surface area (Å²) in [6.07, 6.45) is 3.39. The summed E-state index contributed by atoms with van der Waals surface area (Å²) in [4.78, 5) is 15.8. The van der Waals surface area contributed by atoms with Crippen LogP contribution in [-0.4, -0.2) is 29.1 Å². The predicted molar refractivity (Wildman–Crippen MR) is 123 cm³/mol. The van der Waals surface area contributed by atoms with E-state index in [1.807, 2.05) is 30.5 Å². The molecule has 2 heterocycles. The van der Waals surface area contributed by atoms with Crippen molar-refractivity contribution in [2.24, 2.45) is 5.92 Å². The van der Waals surface area contributed by atoms with Gasteiger partial charge in [0.05, 0.1) is 17.3 Å². The van der Waals surface area contributed by atoms with Gasteiger partial charge in [-0.05, 0) is 55.6 Å². The van der Waals surface area contributed by atoms with E-state index in [2.05, 4.69) is 33.8 Å². The van der Waals surface area contributed by atoms with Gasteiger partial charge in [0.25, 0.3) is 0 Å². The topological polar surface area (TPSA) is 74.2 Å². The van der Waals surface area contributed by atoms with E-state index in [0.717, 1.165) is 29.9 Å². The summed E-state index contributed by atoms with van der Waals surface area (Å²) in [5.74, 6) is -2.04. The van der Waals surface area contributed by atoms with Gasteiger partial charge in [-0.25, -0.2) is 4.39 Å². The van der Waals surface area contributed by atoms with Crippen LogP contribution >= 0.6 is 0 Å². The van der Waals surface area contributed by atoms with Gasteiger partial charge in [0, 0.05) is 30.3 Å². The number of benzene rings is 2. The van der Waals surface area contributed by atoms with E-state index in [1.54, 1.807) is 12.1 Å². The molecule has 5 nitrogen and oxygen atoms in total. The molecule has 3 atom stereocenters. The Morgan fingerprint density at radius 2 is 2.03 bits per heavy atom. The molecule has 0 spiro atoms. The van der Waals surface area contributed by atoms with Gasteiger partial charge in [0.2, 0.25) is 0 Å². The van der Waals surface area contributed by atoms with Crippen LogP contribution in [0.4, 0.5) is 10.1 Å². The average molecular weight is 434 g/mol. The number of nitrogens with one attached hydrogen (secondary N) is 2. The Kier molecular flexibility index (Phi) is 6.81. The Morgan fingerprint density at radius 1 is 1.22 bits per heavy atom. The number of fused-ring (bicyclic) bond motifs is 1. The lowest BCUT2D eigenvalue weighted by atomic mass is 9.86. The molecule has 1 aliphatic rings. The second kappa shape index (κ2) is 9.92. The molecule has 6 heteroatoms. The summed E-state index contributed by atoms with van der Waals surface area (Å²) in [5, 5.41) is 16.5. The molecule has 0 saturated heterocycles. The number of nitrogens with zero attached hydrogens (tertiary/aromatic N) is 1. The van der Waals surface area contributed by atoms with Crippen LogP contribution in [0.1, 0.15) is 41.3 Å². The van der Waals surface area contributed by atoms with E-state index in [-0.39, 0.29) is 11.6 Å². The van der Waals surface area contributed by atoms with E-state index in [9.17, 15) is 14.3 Å². The Morgan fingerprint density at radius 3 is 2.81 bits per heavy atom. The van der Waals surface area contributed by atoms with Crippen molar-refractivity contribution in [3.8, 4) is 0 Å². The fraction of sp³-hybridized carbons (Fsp3) is 0.308. The minimum absolute atomic E-state index is 0.136. The first-order valence-corrected chi connectivity index (χ1v) is 11.0. The third-order valence-corrected chi connectivity index (χ3v) is 6.21. The lowest BCUT2D eigenvalue weighted by Gasteiger charge is -2.33. The number of anilines is 1. The summed E-state index contributed by atoms with van der Waals surface area (Å²) in [7, 11) is 0. The van der Waals surface area contributed by atoms with Crippen molar-refractivity contribution in [1.29, 1.82) is 0 Å². The Hall–Kier alpha value is -3.25. The second-order valence-electron chi connectivity index (χ2n) is 8.35. The summed E-state index contributed by atoms with van der Waals surface area (Å²) in [5.41, 5.74) is 4.55. The van der Waals surface area contributed by atoms with Crippen LogP contribution in [-0.2, 0) is 17.6 Å². The van der Waals surface area contributed by atoms with Crippen LogP contribution in [0, 0.1) is 11.7 Å². The van der Waals surface area contributed by atoms with Crippen LogP contribution in [0.3, 0.4) is 0 Å². The first kappa shape index (κ1) is 22.0. The number of carboxylic acid groups (broad SMARTS) is 1. The number of hydrogen-bond donors (Lipinski definition) is 3. The van der Waals surface area contributed by atoms with Crippen molar-refractivity contribution in [3.05, 3.63) is 95.1 Å². The highest BCUT2D eigenvalue weighted by Gasteiger charge is 2.27. The third-order valence-electron chi connectivity index (χ3n) is 6.21. The van der Waals surface area contributed by atoms with Gasteiger partial charge >= 0.3 is 5.97 Å². The van der Waals surface area contributed by atoms with Gasteiger partial charge in [-0.1, -0.05) is 42.5 Å². The minimum atomic E-state index is -1.03. The fourth-order valence-electron chi connectivity index (χ4n) is 4.36. The number of rotatable bonds is 8. The maximum absolute atomic E-state index is 14.1. The molecule has 4 rings (SSSR count). The maximum Gasteiger partial charge on any atom is 0.310 e. The lowest BCUT2D eigenvalue weighted by Crippen LogP contribution is -2.37. The smallest absolute Gasteiger partial charge is 0.310 e. The van der Waals surface area contributed by atoms with Gasteiger partial charge in [-0.2, -0.15) is 0 Å². The number of halogens is 1. The highest BCUT2D eigenvalue weighted by Crippen LogP contribution is 2.31. The zero-order valence-electron chi connectivity index (χ0n) is 18.1. The van der Waals surface area contributed by atoms with E-state index in [0.29, 0.717) is 18.9 Å². The van der Waals surface area contributed by atoms with E-state index in [4.69, 9.17) is 0 Å². The van der Waals surface area contributed by atoms with E-state index >= 15 is 0 Å². The van der Waals surface area contributed by atoms with E-state index in [1.165, 1.54) is 18.6 Å². The largest absolute Gasteiger partial charge is 0.481 e. The molecule has 0 amide bonds. The molecule has 32 heavy (non-hydrogen) atoms. The zero-order valence-corrected chi connectivity index (χ0v) is 18.1. The number of carbonyl (C=O) groups is 1. The van der Waals surface area contributed by atoms with Gasteiger partial charge in [-0.15, -0.1) is 0 Å². The molecule has 1 aromatic heterocycles. The first-order valence-electron chi connectivity index (χ1n) is 11.0. The van der Waals surface area contributed by atoms with E-state index < -0.39 is 17.7 Å². The fourth-order valence-corrected chi connectivity index (χ4v) is 4.36. The van der Waals surface area contributed by atoms with Crippen LogP contribution in [0.5, 0.6) is 0 Å². The Balaban J connectivity index is 1.47. The van der Waals surface area contributed by atoms with Crippen molar-refractivity contribution in [2.75, 3.05) is 18.4 Å². The van der Waals surface area contributed by atoms with Crippen molar-refractivity contribution < 1.29 is 14.3 Å². The summed E-state index contributed by atoms with van der Waals surface area (Å²) in [6, 6.07) is 19.3. The highest BCUT2D eigenvalue weighted by molar-refractivity contribution is 5.75. The monoisotopic (exact) mass is 433 g/mol. The Labute approximate surface area is 187 Å². The van der Waals surface area contributed by atoms with Crippen LogP contribution in [0.25, 0.3) is 0 Å². The molecule has 1 aliphatic heterocycles. The van der Waals surface area contributed by atoms with Crippen molar-refractivity contribution in [2.45, 2.75) is 31.7 Å². The molecule has 3 N–H and O–H groups in total. The molecule has 0 saturated carbocycles. The second-order valence-corrected chi connectivity index (χ2v) is 8.35. The summed E-state index contributed by atoms with van der Waals surface area (Å²) in [6.45, 7) is 3.05. The molecule has 0 aliphatic carbocycles. The molecular formula is C26H28FN3O2. The molecule has 0 fully saturated rings. The first-order chi connectivity index (χ1) is 15.5. The quantitative estimate of drug-likeness (QED) is 0.485. The highest BCUT2D eigenvalue weighted by atomic mass is 19.1. The SMILES string of the molecule is C[C@@H](C(=O)O)c1cc(CCN[C@H](c2ccccc2)[C@H]2CNc3cccnc3C2)ccc1F. The molecule has 2 aromatic carbocycles. The number of hydrogen-bond acceptors (Lipinski definition) is 4. The lowest BCUT2D eigenvalue weighted by molar-refractivity contribution is -0.138. The Bertz CT molecular complexity index is 1070. The normalized spacial score (nSPS) is 17.1. The molecule has 3 aromatic rings. The number of aliphatic carboxylic acids is 1. The van der Waals surface area contributed by atoms with Gasteiger partial charge in [0.1, 0.15) is 5.82 Å².